The molecule has 4 rings (SSSR count). The lowest BCUT2D eigenvalue weighted by Gasteiger charge is -2.26. The molecule has 2 unspecified atom stereocenters. The Balaban J connectivity index is 1.53. The van der Waals surface area contributed by atoms with Crippen LogP contribution in [0.25, 0.3) is 0 Å². The van der Waals surface area contributed by atoms with Crippen molar-refractivity contribution in [3.05, 3.63) is 54.3 Å². The number of carbonyl (C=O) groups excluding carboxylic acids is 2. The van der Waals surface area contributed by atoms with Crippen molar-refractivity contribution in [3.8, 4) is 0 Å². The Labute approximate surface area is 215 Å². The van der Waals surface area contributed by atoms with Crippen LogP contribution in [-0.4, -0.2) is 69.1 Å². The monoisotopic (exact) mass is 553 g/mol. The number of anilines is 1. The van der Waals surface area contributed by atoms with E-state index in [-0.39, 0.29) is 28.4 Å². The summed E-state index contributed by atoms with van der Waals surface area (Å²) in [6, 6.07) is 8.64. The molecule has 2 heterocycles. The highest BCUT2D eigenvalue weighted by molar-refractivity contribution is 7.89. The van der Waals surface area contributed by atoms with Gasteiger partial charge in [0.15, 0.2) is 0 Å². The zero-order chi connectivity index (χ0) is 26.8. The number of rotatable bonds is 7. The molecule has 1 amide bonds. The van der Waals surface area contributed by atoms with Gasteiger partial charge >= 0.3 is 5.97 Å². The molecule has 2 aromatic carbocycles. The summed E-state index contributed by atoms with van der Waals surface area (Å²) in [6.45, 7) is 1.87. The number of esters is 1. The summed E-state index contributed by atoms with van der Waals surface area (Å²) in [5.41, 5.74) is 0.276. The van der Waals surface area contributed by atoms with Gasteiger partial charge in [0.05, 0.1) is 16.3 Å². The molecule has 13 heteroatoms. The van der Waals surface area contributed by atoms with Gasteiger partial charge in [0, 0.05) is 32.1 Å². The van der Waals surface area contributed by atoms with Gasteiger partial charge in [-0.15, -0.1) is 0 Å². The number of nitrogens with one attached hydrogen (secondary N) is 1. The quantitative estimate of drug-likeness (QED) is 0.521. The lowest BCUT2D eigenvalue weighted by molar-refractivity contribution is -0.145. The molecule has 2 aliphatic heterocycles. The highest BCUT2D eigenvalue weighted by Crippen LogP contribution is 2.29. The lowest BCUT2D eigenvalue weighted by atomic mass is 10.2. The second-order valence-electron chi connectivity index (χ2n) is 8.99. The average molecular weight is 554 g/mol. The van der Waals surface area contributed by atoms with Gasteiger partial charge in [-0.2, -0.15) is 8.61 Å². The van der Waals surface area contributed by atoms with Crippen molar-refractivity contribution in [3.63, 3.8) is 0 Å². The molecule has 2 fully saturated rings. The van der Waals surface area contributed by atoms with Crippen molar-refractivity contribution in [2.24, 2.45) is 0 Å². The fraction of sp³-hybridized carbons (Fsp3) is 0.417. The fourth-order valence-corrected chi connectivity index (χ4v) is 7.67. The van der Waals surface area contributed by atoms with Crippen LogP contribution >= 0.6 is 0 Å². The zero-order valence-electron chi connectivity index (χ0n) is 20.2. The normalized spacial score (nSPS) is 21.5. The van der Waals surface area contributed by atoms with Gasteiger partial charge in [0.1, 0.15) is 18.0 Å². The maximum absolute atomic E-state index is 13.3. The van der Waals surface area contributed by atoms with Crippen LogP contribution in [-0.2, 0) is 34.4 Å². The molecule has 0 aromatic heterocycles. The first-order valence-corrected chi connectivity index (χ1v) is 14.7. The molecule has 2 saturated heterocycles. The van der Waals surface area contributed by atoms with Crippen molar-refractivity contribution >= 4 is 37.6 Å². The smallest absolute Gasteiger partial charge is 0.302 e. The molecule has 0 radical (unpaired) electrons. The number of amides is 1. The largest absolute Gasteiger partial charge is 0.461 e. The first-order chi connectivity index (χ1) is 17.5. The maximum atomic E-state index is 13.3. The predicted molar refractivity (Wildman–Crippen MR) is 132 cm³/mol. The van der Waals surface area contributed by atoms with E-state index in [9.17, 15) is 30.8 Å². The van der Waals surface area contributed by atoms with Crippen molar-refractivity contribution < 1.29 is 35.6 Å². The van der Waals surface area contributed by atoms with Crippen LogP contribution in [0.2, 0.25) is 0 Å². The zero-order valence-corrected chi connectivity index (χ0v) is 21.8. The molecule has 1 N–H and O–H groups in total. The second kappa shape index (κ2) is 10.9. The Hall–Kier alpha value is -2.87. The van der Waals surface area contributed by atoms with Gasteiger partial charge in [0.25, 0.3) is 0 Å². The van der Waals surface area contributed by atoms with Crippen molar-refractivity contribution in [2.75, 3.05) is 25.0 Å². The predicted octanol–water partition coefficient (Wildman–Crippen LogP) is 2.33. The van der Waals surface area contributed by atoms with Crippen molar-refractivity contribution in [2.45, 2.75) is 54.5 Å². The highest BCUT2D eigenvalue weighted by atomic mass is 32.2. The lowest BCUT2D eigenvalue weighted by Crippen LogP contribution is -2.43. The van der Waals surface area contributed by atoms with Gasteiger partial charge in [0.2, 0.25) is 26.0 Å². The number of benzene rings is 2. The number of nitrogens with zero attached hydrogens (tertiary/aromatic N) is 2. The Kier molecular flexibility index (Phi) is 7.97. The Morgan fingerprint density at radius 2 is 1.46 bits per heavy atom. The third kappa shape index (κ3) is 6.00. The van der Waals surface area contributed by atoms with E-state index >= 15 is 0 Å². The number of carbonyl (C=O) groups is 2. The third-order valence-corrected chi connectivity index (χ3v) is 10.1. The molecule has 0 aliphatic carbocycles. The van der Waals surface area contributed by atoms with Gasteiger partial charge in [-0.1, -0.05) is 6.42 Å². The minimum absolute atomic E-state index is 0.0761. The van der Waals surface area contributed by atoms with E-state index in [0.29, 0.717) is 13.1 Å². The second-order valence-corrected chi connectivity index (χ2v) is 12.8. The van der Waals surface area contributed by atoms with Crippen LogP contribution in [0.1, 0.15) is 32.6 Å². The van der Waals surface area contributed by atoms with E-state index in [0.717, 1.165) is 47.8 Å². The number of hydrogen-bond donors (Lipinski definition) is 1. The summed E-state index contributed by atoms with van der Waals surface area (Å²) in [5.74, 6) is -1.90. The number of piperidine rings is 1. The maximum Gasteiger partial charge on any atom is 0.302 e. The Morgan fingerprint density at radius 3 is 2.05 bits per heavy atom. The summed E-state index contributed by atoms with van der Waals surface area (Å²) in [6.07, 6.45) is 1.68. The van der Waals surface area contributed by atoms with Crippen LogP contribution in [0.4, 0.5) is 10.1 Å². The molecular formula is C24H28FN3O7S2. The molecule has 0 bridgehead atoms. The molecule has 2 atom stereocenters. The van der Waals surface area contributed by atoms with Crippen LogP contribution in [0.3, 0.4) is 0 Å². The van der Waals surface area contributed by atoms with Gasteiger partial charge in [-0.3, -0.25) is 9.59 Å². The van der Waals surface area contributed by atoms with Crippen LogP contribution in [0, 0.1) is 5.82 Å². The molecule has 200 valence electrons. The minimum Gasteiger partial charge on any atom is -0.461 e. The molecule has 37 heavy (non-hydrogen) atoms. The van der Waals surface area contributed by atoms with E-state index in [2.05, 4.69) is 5.32 Å². The molecular weight excluding hydrogens is 525 g/mol. The summed E-state index contributed by atoms with van der Waals surface area (Å²) in [7, 11) is -7.87. The number of ether oxygens (including phenoxy) is 1. The summed E-state index contributed by atoms with van der Waals surface area (Å²) < 4.78 is 73.1. The standard InChI is InChI=1S/C24H28FN3O7S2/c1-17(29)35-20-15-23(28(16-20)37(33,34)22-9-5-18(25)6-10-22)24(30)26-19-7-11-21(12-8-19)36(31,32)27-13-3-2-4-14-27/h5-12,20,23H,2-4,13-16H2,1H3,(H,26,30). The van der Waals surface area contributed by atoms with Crippen LogP contribution in [0.5, 0.6) is 0 Å². The highest BCUT2D eigenvalue weighted by Gasteiger charge is 2.45. The van der Waals surface area contributed by atoms with E-state index in [1.165, 1.54) is 35.5 Å². The average Bonchev–Trinajstić information content (AvgIpc) is 3.29. The van der Waals surface area contributed by atoms with Crippen molar-refractivity contribution in [1.29, 1.82) is 0 Å². The Morgan fingerprint density at radius 1 is 0.892 bits per heavy atom. The summed E-state index contributed by atoms with van der Waals surface area (Å²) in [4.78, 5) is 24.5. The van der Waals surface area contributed by atoms with Crippen LogP contribution in [0.15, 0.2) is 58.3 Å². The number of hydrogen-bond acceptors (Lipinski definition) is 7. The third-order valence-electron chi connectivity index (χ3n) is 6.35. The van der Waals surface area contributed by atoms with E-state index in [4.69, 9.17) is 4.74 Å². The van der Waals surface area contributed by atoms with E-state index < -0.39 is 49.9 Å². The van der Waals surface area contributed by atoms with Gasteiger partial charge in [-0.25, -0.2) is 21.2 Å². The summed E-state index contributed by atoms with van der Waals surface area (Å²) >= 11 is 0. The first kappa shape index (κ1) is 27.2. The molecule has 10 nitrogen and oxygen atoms in total. The molecule has 0 saturated carbocycles. The van der Waals surface area contributed by atoms with E-state index in [1.54, 1.807) is 0 Å². The number of sulfonamides is 2. The fourth-order valence-electron chi connectivity index (χ4n) is 4.52. The first-order valence-electron chi connectivity index (χ1n) is 11.8. The molecule has 2 aliphatic rings. The topological polar surface area (TPSA) is 130 Å². The Bertz CT molecular complexity index is 1360. The summed E-state index contributed by atoms with van der Waals surface area (Å²) in [5, 5.41) is 2.62. The van der Waals surface area contributed by atoms with Crippen molar-refractivity contribution in [1.82, 2.24) is 8.61 Å². The molecule has 0 spiro atoms. The minimum atomic E-state index is -4.22. The van der Waals surface area contributed by atoms with E-state index in [1.807, 2.05) is 0 Å². The molecule has 2 aromatic rings. The van der Waals surface area contributed by atoms with Gasteiger partial charge in [-0.05, 0) is 61.4 Å². The van der Waals surface area contributed by atoms with Gasteiger partial charge < -0.3 is 10.1 Å². The SMILES string of the molecule is CC(=O)OC1CC(C(=O)Nc2ccc(S(=O)(=O)N3CCCCC3)cc2)N(S(=O)(=O)c2ccc(F)cc2)C1. The van der Waals surface area contributed by atoms with Crippen LogP contribution < -0.4 is 5.32 Å². The number of halogens is 1.